The number of benzene rings is 1. The van der Waals surface area contributed by atoms with Crippen molar-refractivity contribution in [1.29, 1.82) is 0 Å². The molecule has 82 valence electrons. The van der Waals surface area contributed by atoms with Crippen LogP contribution in [-0.4, -0.2) is 5.78 Å². The van der Waals surface area contributed by atoms with E-state index in [0.29, 0.717) is 12.1 Å². The number of ketones is 1. The summed E-state index contributed by atoms with van der Waals surface area (Å²) in [5, 5.41) is 1.62. The molecule has 1 aromatic heterocycles. The smallest absolute Gasteiger partial charge is 0.208 e. The highest BCUT2D eigenvalue weighted by Crippen LogP contribution is 2.21. The molecular formula is C11H5F3OS. The van der Waals surface area contributed by atoms with E-state index in [4.69, 9.17) is 0 Å². The minimum Gasteiger partial charge on any atom is -0.287 e. The molecule has 2 rings (SSSR count). The van der Waals surface area contributed by atoms with Gasteiger partial charge >= 0.3 is 0 Å². The summed E-state index contributed by atoms with van der Waals surface area (Å²) < 4.78 is 39.1. The zero-order valence-corrected chi connectivity index (χ0v) is 8.65. The second kappa shape index (κ2) is 4.09. The van der Waals surface area contributed by atoms with Crippen LogP contribution in [0.4, 0.5) is 13.2 Å². The maximum absolute atomic E-state index is 13.3. The molecule has 0 aliphatic rings. The van der Waals surface area contributed by atoms with Gasteiger partial charge in [0.2, 0.25) is 5.78 Å². The fourth-order valence-corrected chi connectivity index (χ4v) is 1.96. The van der Waals surface area contributed by atoms with E-state index in [1.165, 1.54) is 6.07 Å². The lowest BCUT2D eigenvalue weighted by atomic mass is 10.1. The highest BCUT2D eigenvalue weighted by molar-refractivity contribution is 7.12. The van der Waals surface area contributed by atoms with Crippen LogP contribution in [0.3, 0.4) is 0 Å². The van der Waals surface area contributed by atoms with Crippen LogP contribution in [0.25, 0.3) is 0 Å². The topological polar surface area (TPSA) is 17.1 Å². The Bertz CT molecular complexity index is 511. The molecule has 0 amide bonds. The van der Waals surface area contributed by atoms with Gasteiger partial charge < -0.3 is 0 Å². The van der Waals surface area contributed by atoms with E-state index in [9.17, 15) is 18.0 Å². The van der Waals surface area contributed by atoms with Crippen molar-refractivity contribution < 1.29 is 18.0 Å². The van der Waals surface area contributed by atoms with Crippen molar-refractivity contribution in [1.82, 2.24) is 0 Å². The standard InChI is InChI=1S/C11H5F3OS/c12-6-4-7(13)10(8(14)5-6)11(15)9-2-1-3-16-9/h1-5H. The van der Waals surface area contributed by atoms with Gasteiger partial charge in [0.25, 0.3) is 0 Å². The zero-order valence-electron chi connectivity index (χ0n) is 7.84. The van der Waals surface area contributed by atoms with E-state index in [2.05, 4.69) is 0 Å². The Hall–Kier alpha value is -1.62. The van der Waals surface area contributed by atoms with Crippen LogP contribution in [0.15, 0.2) is 29.6 Å². The molecular weight excluding hydrogens is 237 g/mol. The predicted octanol–water partition coefficient (Wildman–Crippen LogP) is 3.40. The molecule has 0 saturated carbocycles. The summed E-state index contributed by atoms with van der Waals surface area (Å²) in [6, 6.07) is 4.03. The molecule has 0 spiro atoms. The number of rotatable bonds is 2. The number of thiophene rings is 1. The lowest BCUT2D eigenvalue weighted by Gasteiger charge is -2.02. The van der Waals surface area contributed by atoms with Gasteiger partial charge in [-0.1, -0.05) is 6.07 Å². The van der Waals surface area contributed by atoms with Crippen molar-refractivity contribution in [3.05, 3.63) is 57.5 Å². The lowest BCUT2D eigenvalue weighted by Crippen LogP contribution is -2.06. The van der Waals surface area contributed by atoms with Crippen molar-refractivity contribution in [2.45, 2.75) is 0 Å². The number of carbonyl (C=O) groups is 1. The molecule has 16 heavy (non-hydrogen) atoms. The molecule has 2 aromatic rings. The molecule has 0 atom stereocenters. The molecule has 0 N–H and O–H groups in total. The molecule has 0 aliphatic heterocycles. The molecule has 1 aromatic carbocycles. The average Bonchev–Trinajstić information content (AvgIpc) is 2.67. The SMILES string of the molecule is O=C(c1cccs1)c1c(F)cc(F)cc1F. The Labute approximate surface area is 93.2 Å². The van der Waals surface area contributed by atoms with Crippen LogP contribution in [0, 0.1) is 17.5 Å². The molecule has 1 heterocycles. The highest BCUT2D eigenvalue weighted by Gasteiger charge is 2.20. The summed E-state index contributed by atoms with van der Waals surface area (Å²) in [6.07, 6.45) is 0. The molecule has 0 radical (unpaired) electrons. The van der Waals surface area contributed by atoms with Crippen LogP contribution in [0.2, 0.25) is 0 Å². The van der Waals surface area contributed by atoms with Gasteiger partial charge in [0, 0.05) is 12.1 Å². The molecule has 0 fully saturated rings. The zero-order chi connectivity index (χ0) is 11.7. The van der Waals surface area contributed by atoms with Gasteiger partial charge in [0.05, 0.1) is 10.4 Å². The van der Waals surface area contributed by atoms with Gasteiger partial charge in [0.15, 0.2) is 0 Å². The third-order valence-electron chi connectivity index (χ3n) is 1.98. The van der Waals surface area contributed by atoms with Gasteiger partial charge in [-0.05, 0) is 11.4 Å². The first-order valence-corrected chi connectivity index (χ1v) is 5.20. The number of halogens is 3. The first kappa shape index (κ1) is 10.9. The molecule has 0 saturated heterocycles. The minimum atomic E-state index is -1.18. The first-order valence-electron chi connectivity index (χ1n) is 4.32. The van der Waals surface area contributed by atoms with Crippen LogP contribution < -0.4 is 0 Å². The summed E-state index contributed by atoms with van der Waals surface area (Å²) in [5.41, 5.74) is -0.719. The summed E-state index contributed by atoms with van der Waals surface area (Å²) in [4.78, 5) is 11.9. The molecule has 5 heteroatoms. The monoisotopic (exact) mass is 242 g/mol. The van der Waals surface area contributed by atoms with Gasteiger partial charge in [-0.3, -0.25) is 4.79 Å². The van der Waals surface area contributed by atoms with Gasteiger partial charge in [0.1, 0.15) is 17.5 Å². The van der Waals surface area contributed by atoms with Crippen LogP contribution >= 0.6 is 11.3 Å². The third-order valence-corrected chi connectivity index (χ3v) is 2.85. The lowest BCUT2D eigenvalue weighted by molar-refractivity contribution is 0.103. The number of hydrogen-bond donors (Lipinski definition) is 0. The Balaban J connectivity index is 2.53. The van der Waals surface area contributed by atoms with E-state index in [0.717, 1.165) is 11.3 Å². The van der Waals surface area contributed by atoms with Crippen LogP contribution in [-0.2, 0) is 0 Å². The fraction of sp³-hybridized carbons (Fsp3) is 0. The van der Waals surface area contributed by atoms with E-state index >= 15 is 0 Å². The Morgan fingerprint density at radius 1 is 1.12 bits per heavy atom. The van der Waals surface area contributed by atoms with Gasteiger partial charge in [-0.15, -0.1) is 11.3 Å². The van der Waals surface area contributed by atoms with E-state index in [-0.39, 0.29) is 4.88 Å². The Morgan fingerprint density at radius 2 is 1.75 bits per heavy atom. The number of carbonyl (C=O) groups excluding carboxylic acids is 1. The van der Waals surface area contributed by atoms with Crippen molar-refractivity contribution in [3.8, 4) is 0 Å². The van der Waals surface area contributed by atoms with Crippen LogP contribution in [0.5, 0.6) is 0 Å². The Morgan fingerprint density at radius 3 is 2.25 bits per heavy atom. The predicted molar refractivity (Wildman–Crippen MR) is 54.1 cm³/mol. The maximum atomic E-state index is 13.3. The van der Waals surface area contributed by atoms with Gasteiger partial charge in [-0.25, -0.2) is 13.2 Å². The quantitative estimate of drug-likeness (QED) is 0.738. The third kappa shape index (κ3) is 1.86. The summed E-state index contributed by atoms with van der Waals surface area (Å²) in [7, 11) is 0. The van der Waals surface area contributed by atoms with E-state index < -0.39 is 28.8 Å². The van der Waals surface area contributed by atoms with E-state index in [1.54, 1.807) is 11.4 Å². The average molecular weight is 242 g/mol. The number of hydrogen-bond acceptors (Lipinski definition) is 2. The second-order valence-corrected chi connectivity index (χ2v) is 4.00. The molecule has 0 bridgehead atoms. The van der Waals surface area contributed by atoms with Gasteiger partial charge in [-0.2, -0.15) is 0 Å². The van der Waals surface area contributed by atoms with Crippen molar-refractivity contribution in [2.24, 2.45) is 0 Å². The summed E-state index contributed by atoms with van der Waals surface area (Å²) in [5.74, 6) is -4.19. The molecule has 1 nitrogen and oxygen atoms in total. The largest absolute Gasteiger partial charge is 0.287 e. The van der Waals surface area contributed by atoms with Crippen molar-refractivity contribution >= 4 is 17.1 Å². The van der Waals surface area contributed by atoms with Crippen LogP contribution in [0.1, 0.15) is 15.2 Å². The van der Waals surface area contributed by atoms with Crippen molar-refractivity contribution in [2.75, 3.05) is 0 Å². The van der Waals surface area contributed by atoms with E-state index in [1.807, 2.05) is 0 Å². The highest BCUT2D eigenvalue weighted by atomic mass is 32.1. The molecule has 0 unspecified atom stereocenters. The van der Waals surface area contributed by atoms with Crippen molar-refractivity contribution in [3.63, 3.8) is 0 Å². The first-order chi connectivity index (χ1) is 7.59. The summed E-state index contributed by atoms with van der Waals surface area (Å²) in [6.45, 7) is 0. The second-order valence-electron chi connectivity index (χ2n) is 3.05. The Kier molecular flexibility index (Phi) is 2.78. The maximum Gasteiger partial charge on any atom is 0.208 e. The fourth-order valence-electron chi connectivity index (χ4n) is 1.29. The molecule has 0 aliphatic carbocycles. The normalized spacial score (nSPS) is 10.4. The minimum absolute atomic E-state index is 0.212. The summed E-state index contributed by atoms with van der Waals surface area (Å²) >= 11 is 1.07.